The van der Waals surface area contributed by atoms with Crippen LogP contribution >= 0.6 is 23.2 Å². The van der Waals surface area contributed by atoms with Gasteiger partial charge >= 0.3 is 0 Å². The average molecular weight is 536 g/mol. The van der Waals surface area contributed by atoms with E-state index in [1.54, 1.807) is 37.3 Å². The Hall–Kier alpha value is -2.44. The maximum absolute atomic E-state index is 13.6. The topological polar surface area (TPSA) is 67.9 Å². The van der Waals surface area contributed by atoms with E-state index in [2.05, 4.69) is 5.32 Å². The third-order valence-corrected chi connectivity index (χ3v) is 7.51. The number of carbonyl (C=O) groups is 2. The number of methoxy groups -OCH3 is 2. The van der Waals surface area contributed by atoms with E-state index in [4.69, 9.17) is 32.7 Å². The summed E-state index contributed by atoms with van der Waals surface area (Å²) in [5.74, 6) is 0.993. The third-order valence-electron chi connectivity index (χ3n) is 6.80. The molecule has 2 aromatic rings. The number of hydrogen-bond acceptors (Lipinski definition) is 4. The first-order chi connectivity index (χ1) is 17.4. The minimum atomic E-state index is -0.614. The lowest BCUT2D eigenvalue weighted by molar-refractivity contribution is -0.141. The standard InChI is InChI=1S/C28H36Cl2N2O4/c1-4-24(28(34)31-20-9-6-5-7-10-20)32(18-21-22(29)11-8-12-23(21)30)27(33)16-14-19-13-15-25(35-2)26(17-19)36-3/h8,11-13,15,17,20,24H,4-7,9-10,14,16,18H2,1-3H3,(H,31,34)/t24-/m1/s1. The second kappa shape index (κ2) is 13.8. The molecule has 2 amide bonds. The van der Waals surface area contributed by atoms with Gasteiger partial charge in [-0.05, 0) is 55.5 Å². The summed E-state index contributed by atoms with van der Waals surface area (Å²) in [6.45, 7) is 2.09. The molecule has 6 nitrogen and oxygen atoms in total. The van der Waals surface area contributed by atoms with Gasteiger partial charge in [0, 0.05) is 34.6 Å². The molecule has 8 heteroatoms. The zero-order valence-corrected chi connectivity index (χ0v) is 22.8. The fourth-order valence-corrected chi connectivity index (χ4v) is 5.27. The minimum Gasteiger partial charge on any atom is -0.493 e. The number of nitrogens with zero attached hydrogens (tertiary/aromatic N) is 1. The predicted molar refractivity (Wildman–Crippen MR) is 144 cm³/mol. The van der Waals surface area contributed by atoms with Crippen molar-refractivity contribution in [3.8, 4) is 11.5 Å². The second-order valence-electron chi connectivity index (χ2n) is 9.18. The summed E-state index contributed by atoms with van der Waals surface area (Å²) in [7, 11) is 3.17. The normalized spacial score (nSPS) is 14.7. The molecule has 0 bridgehead atoms. The molecule has 1 aliphatic rings. The van der Waals surface area contributed by atoms with Gasteiger partial charge in [0.25, 0.3) is 0 Å². The monoisotopic (exact) mass is 534 g/mol. The van der Waals surface area contributed by atoms with Crippen LogP contribution in [0.5, 0.6) is 11.5 Å². The fraction of sp³-hybridized carbons (Fsp3) is 0.500. The van der Waals surface area contributed by atoms with Crippen molar-refractivity contribution in [1.82, 2.24) is 10.2 Å². The number of hydrogen-bond donors (Lipinski definition) is 1. The van der Waals surface area contributed by atoms with Crippen LogP contribution in [-0.4, -0.2) is 43.0 Å². The highest BCUT2D eigenvalue weighted by atomic mass is 35.5. The van der Waals surface area contributed by atoms with Crippen LogP contribution in [0.1, 0.15) is 63.0 Å². The maximum atomic E-state index is 13.6. The molecule has 36 heavy (non-hydrogen) atoms. The van der Waals surface area contributed by atoms with E-state index in [0.29, 0.717) is 39.9 Å². The summed E-state index contributed by atoms with van der Waals surface area (Å²) < 4.78 is 10.7. The van der Waals surface area contributed by atoms with Gasteiger partial charge in [0.05, 0.1) is 14.2 Å². The summed E-state index contributed by atoms with van der Waals surface area (Å²) in [6.07, 6.45) is 6.60. The number of aryl methyl sites for hydroxylation is 1. The van der Waals surface area contributed by atoms with Crippen molar-refractivity contribution in [3.05, 3.63) is 57.6 Å². The molecule has 1 fully saturated rings. The summed E-state index contributed by atoms with van der Waals surface area (Å²) in [5, 5.41) is 4.14. The number of carbonyl (C=O) groups excluding carboxylic acids is 2. The molecule has 0 unspecified atom stereocenters. The van der Waals surface area contributed by atoms with Crippen LogP contribution in [0.4, 0.5) is 0 Å². The van der Waals surface area contributed by atoms with Crippen LogP contribution in [0.15, 0.2) is 36.4 Å². The molecule has 1 saturated carbocycles. The van der Waals surface area contributed by atoms with E-state index < -0.39 is 6.04 Å². The van der Waals surface area contributed by atoms with Crippen molar-refractivity contribution in [2.75, 3.05) is 14.2 Å². The van der Waals surface area contributed by atoms with Crippen molar-refractivity contribution in [1.29, 1.82) is 0 Å². The Labute approximate surface area is 224 Å². The van der Waals surface area contributed by atoms with Gasteiger partial charge in [0.1, 0.15) is 6.04 Å². The van der Waals surface area contributed by atoms with Crippen LogP contribution in [0.2, 0.25) is 10.0 Å². The SMILES string of the molecule is CC[C@H](C(=O)NC1CCCCC1)N(Cc1c(Cl)cccc1Cl)C(=O)CCc1ccc(OC)c(OC)c1. The zero-order chi connectivity index (χ0) is 26.1. The number of halogens is 2. The molecule has 1 atom stereocenters. The molecule has 1 aliphatic carbocycles. The Morgan fingerprint density at radius 3 is 2.31 bits per heavy atom. The van der Waals surface area contributed by atoms with Crippen LogP contribution in [0.25, 0.3) is 0 Å². The predicted octanol–water partition coefficient (Wildman–Crippen LogP) is 6.20. The van der Waals surface area contributed by atoms with Gasteiger partial charge in [0.15, 0.2) is 11.5 Å². The van der Waals surface area contributed by atoms with Gasteiger partial charge in [-0.25, -0.2) is 0 Å². The van der Waals surface area contributed by atoms with Gasteiger partial charge in [-0.3, -0.25) is 9.59 Å². The molecular formula is C28H36Cl2N2O4. The first-order valence-electron chi connectivity index (χ1n) is 12.6. The van der Waals surface area contributed by atoms with E-state index >= 15 is 0 Å². The third kappa shape index (κ3) is 7.30. The van der Waals surface area contributed by atoms with Crippen LogP contribution < -0.4 is 14.8 Å². The largest absolute Gasteiger partial charge is 0.493 e. The first-order valence-corrected chi connectivity index (χ1v) is 13.4. The molecule has 0 aliphatic heterocycles. The van der Waals surface area contributed by atoms with E-state index in [9.17, 15) is 9.59 Å². The first kappa shape index (κ1) is 28.1. The number of nitrogens with one attached hydrogen (secondary N) is 1. The lowest BCUT2D eigenvalue weighted by atomic mass is 9.95. The van der Waals surface area contributed by atoms with Gasteiger partial charge in [-0.2, -0.15) is 0 Å². The number of benzene rings is 2. The van der Waals surface area contributed by atoms with Gasteiger partial charge < -0.3 is 19.7 Å². The molecular weight excluding hydrogens is 499 g/mol. The highest BCUT2D eigenvalue weighted by Crippen LogP contribution is 2.30. The smallest absolute Gasteiger partial charge is 0.243 e. The van der Waals surface area contributed by atoms with Crippen molar-refractivity contribution in [2.24, 2.45) is 0 Å². The van der Waals surface area contributed by atoms with E-state index in [1.807, 2.05) is 25.1 Å². The van der Waals surface area contributed by atoms with E-state index in [-0.39, 0.29) is 30.8 Å². The quantitative estimate of drug-likeness (QED) is 0.372. The van der Waals surface area contributed by atoms with Gasteiger partial charge in [-0.15, -0.1) is 0 Å². The zero-order valence-electron chi connectivity index (χ0n) is 21.3. The van der Waals surface area contributed by atoms with Crippen LogP contribution in [0, 0.1) is 0 Å². The van der Waals surface area contributed by atoms with Crippen molar-refractivity contribution in [3.63, 3.8) is 0 Å². The Kier molecular flexibility index (Phi) is 10.7. The average Bonchev–Trinajstić information content (AvgIpc) is 2.89. The number of ether oxygens (including phenoxy) is 2. The molecule has 2 aromatic carbocycles. The molecule has 0 heterocycles. The maximum Gasteiger partial charge on any atom is 0.243 e. The van der Waals surface area contributed by atoms with Crippen LogP contribution in [0.3, 0.4) is 0 Å². The summed E-state index contributed by atoms with van der Waals surface area (Å²) in [6, 6.07) is 10.4. The Morgan fingerprint density at radius 1 is 1.03 bits per heavy atom. The molecule has 1 N–H and O–H groups in total. The lowest BCUT2D eigenvalue weighted by Gasteiger charge is -2.33. The van der Waals surface area contributed by atoms with Crippen molar-refractivity contribution in [2.45, 2.75) is 76.9 Å². The minimum absolute atomic E-state index is 0.118. The number of rotatable bonds is 11. The highest BCUT2D eigenvalue weighted by molar-refractivity contribution is 6.36. The van der Waals surface area contributed by atoms with Crippen molar-refractivity contribution < 1.29 is 19.1 Å². The molecule has 3 rings (SSSR count). The van der Waals surface area contributed by atoms with Crippen molar-refractivity contribution >= 4 is 35.0 Å². The van der Waals surface area contributed by atoms with E-state index in [1.165, 1.54) is 6.42 Å². The number of amides is 2. The highest BCUT2D eigenvalue weighted by Gasteiger charge is 2.31. The van der Waals surface area contributed by atoms with Crippen LogP contribution in [-0.2, 0) is 22.6 Å². The molecule has 0 saturated heterocycles. The molecule has 0 aromatic heterocycles. The molecule has 0 radical (unpaired) electrons. The summed E-state index contributed by atoms with van der Waals surface area (Å²) in [5.41, 5.74) is 1.58. The van der Waals surface area contributed by atoms with Gasteiger partial charge in [-0.1, -0.05) is 61.5 Å². The summed E-state index contributed by atoms with van der Waals surface area (Å²) in [4.78, 5) is 28.6. The van der Waals surface area contributed by atoms with Gasteiger partial charge in [0.2, 0.25) is 11.8 Å². The Bertz CT molecular complexity index is 1020. The summed E-state index contributed by atoms with van der Waals surface area (Å²) >= 11 is 12.9. The fourth-order valence-electron chi connectivity index (χ4n) is 4.75. The van der Waals surface area contributed by atoms with E-state index in [0.717, 1.165) is 31.2 Å². The Morgan fingerprint density at radius 2 is 1.69 bits per heavy atom. The molecule has 0 spiro atoms. The molecule has 196 valence electrons. The Balaban J connectivity index is 1.81. The second-order valence-corrected chi connectivity index (χ2v) is 9.99. The lowest BCUT2D eigenvalue weighted by Crippen LogP contribution is -2.51.